The van der Waals surface area contributed by atoms with Crippen LogP contribution in [-0.2, 0) is 9.59 Å². The van der Waals surface area contributed by atoms with Gasteiger partial charge in [-0.2, -0.15) is 0 Å². The van der Waals surface area contributed by atoms with Crippen molar-refractivity contribution >= 4 is 23.0 Å². The van der Waals surface area contributed by atoms with Gasteiger partial charge in [-0.3, -0.25) is 9.59 Å². The molecule has 2 N–H and O–H groups in total. The SMILES string of the molecule is CCC(NC(=O)C[C@@H](C)[C@H]1CC[C@H]2[C@@H]3[C@H](O)C[C@@H]4CC(=O)CC[C@]4(C)[C@H]3CC[C@]12C)c1cccs1. The van der Waals surface area contributed by atoms with Crippen molar-refractivity contribution in [2.75, 3.05) is 0 Å². The zero-order chi connectivity index (χ0) is 25.0. The third kappa shape index (κ3) is 4.33. The van der Waals surface area contributed by atoms with Crippen LogP contribution in [0.1, 0.15) is 103 Å². The molecule has 1 unspecified atom stereocenters. The Balaban J connectivity index is 1.28. The number of nitrogens with one attached hydrogen (secondary N) is 1. The number of hydrogen-bond acceptors (Lipinski definition) is 4. The van der Waals surface area contributed by atoms with Crippen molar-refractivity contribution in [2.45, 2.75) is 104 Å². The van der Waals surface area contributed by atoms with Gasteiger partial charge in [0, 0.05) is 24.1 Å². The molecule has 5 heteroatoms. The first kappa shape index (κ1) is 25.4. The number of aliphatic hydroxyl groups excluding tert-OH is 1. The minimum atomic E-state index is -0.276. The number of amides is 1. The van der Waals surface area contributed by atoms with E-state index >= 15 is 0 Å². The van der Waals surface area contributed by atoms with E-state index < -0.39 is 0 Å². The van der Waals surface area contributed by atoms with E-state index in [9.17, 15) is 14.7 Å². The molecule has 10 atom stereocenters. The van der Waals surface area contributed by atoms with E-state index in [1.807, 2.05) is 0 Å². The lowest BCUT2D eigenvalue weighted by atomic mass is 9.44. The highest BCUT2D eigenvalue weighted by Gasteiger charge is 2.62. The molecule has 0 radical (unpaired) electrons. The van der Waals surface area contributed by atoms with Crippen LogP contribution in [0.25, 0.3) is 0 Å². The van der Waals surface area contributed by atoms with E-state index in [1.165, 1.54) is 30.6 Å². The molecule has 0 aromatic carbocycles. The molecule has 4 saturated carbocycles. The lowest BCUT2D eigenvalue weighted by molar-refractivity contribution is -0.169. The predicted octanol–water partition coefficient (Wildman–Crippen LogP) is 6.54. The second-order valence-corrected chi connectivity index (χ2v) is 14.0. The van der Waals surface area contributed by atoms with Gasteiger partial charge >= 0.3 is 0 Å². The molecule has 1 aromatic rings. The van der Waals surface area contributed by atoms with Crippen LogP contribution in [0.15, 0.2) is 17.5 Å². The number of carbonyl (C=O) groups excluding carboxylic acids is 2. The molecule has 35 heavy (non-hydrogen) atoms. The highest BCUT2D eigenvalue weighted by Crippen LogP contribution is 2.68. The first-order chi connectivity index (χ1) is 16.7. The van der Waals surface area contributed by atoms with Crippen LogP contribution in [0.3, 0.4) is 0 Å². The van der Waals surface area contributed by atoms with Gasteiger partial charge in [-0.25, -0.2) is 0 Å². The Morgan fingerprint density at radius 2 is 1.97 bits per heavy atom. The summed E-state index contributed by atoms with van der Waals surface area (Å²) in [6.45, 7) is 9.34. The van der Waals surface area contributed by atoms with Crippen LogP contribution in [0.5, 0.6) is 0 Å². The minimum absolute atomic E-state index is 0.116. The Hall–Kier alpha value is -1.20. The number of fused-ring (bicyclic) bond motifs is 5. The molecule has 0 spiro atoms. The molecule has 0 saturated heterocycles. The van der Waals surface area contributed by atoms with Crippen LogP contribution >= 0.6 is 11.3 Å². The Bertz CT molecular complexity index is 930. The third-order valence-electron chi connectivity index (χ3n) is 11.4. The standard InChI is InChI=1S/C30H45NO3S/c1-5-24(26-7-6-14-35-26)31-27(34)15-18(2)21-8-9-22-28-23(11-13-30(21,22)4)29(3)12-10-20(32)16-19(29)17-25(28)33/h6-7,14,18-19,21-25,28,33H,5,8-13,15-17H2,1-4H3,(H,31,34)/t18-,19+,21-,22+,23+,24?,25-,28+,29+,30-/m1/s1. The normalized spacial score (nSPS) is 42.5. The Labute approximate surface area is 215 Å². The quantitative estimate of drug-likeness (QED) is 0.467. The summed E-state index contributed by atoms with van der Waals surface area (Å²) in [6, 6.07) is 4.29. The Morgan fingerprint density at radius 1 is 1.20 bits per heavy atom. The maximum absolute atomic E-state index is 13.1. The topological polar surface area (TPSA) is 66.4 Å². The second-order valence-electron chi connectivity index (χ2n) is 13.0. The number of carbonyl (C=O) groups is 2. The van der Waals surface area contributed by atoms with Crippen LogP contribution in [0, 0.1) is 46.3 Å². The van der Waals surface area contributed by atoms with Crippen molar-refractivity contribution in [1.82, 2.24) is 5.32 Å². The maximum atomic E-state index is 13.1. The van der Waals surface area contributed by atoms with Crippen molar-refractivity contribution in [3.05, 3.63) is 22.4 Å². The van der Waals surface area contributed by atoms with E-state index in [0.29, 0.717) is 54.1 Å². The zero-order valence-electron chi connectivity index (χ0n) is 22.1. The molecule has 194 valence electrons. The summed E-state index contributed by atoms with van der Waals surface area (Å²) in [5.41, 5.74) is 0.410. The van der Waals surface area contributed by atoms with Gasteiger partial charge in [0.1, 0.15) is 5.78 Å². The fraction of sp³-hybridized carbons (Fsp3) is 0.800. The average Bonchev–Trinajstić information content (AvgIpc) is 3.46. The highest BCUT2D eigenvalue weighted by molar-refractivity contribution is 7.10. The van der Waals surface area contributed by atoms with E-state index in [0.717, 1.165) is 25.7 Å². The highest BCUT2D eigenvalue weighted by atomic mass is 32.1. The fourth-order valence-electron chi connectivity index (χ4n) is 9.54. The first-order valence-corrected chi connectivity index (χ1v) is 15.1. The lowest BCUT2D eigenvalue weighted by Crippen LogP contribution is -2.58. The number of aliphatic hydroxyl groups is 1. The summed E-state index contributed by atoms with van der Waals surface area (Å²) < 4.78 is 0. The molecule has 4 fully saturated rings. The monoisotopic (exact) mass is 499 g/mol. The molecule has 5 rings (SSSR count). The van der Waals surface area contributed by atoms with E-state index in [-0.39, 0.29) is 28.9 Å². The summed E-state index contributed by atoms with van der Waals surface area (Å²) in [4.78, 5) is 26.5. The summed E-state index contributed by atoms with van der Waals surface area (Å²) in [7, 11) is 0. The molecule has 4 nitrogen and oxygen atoms in total. The number of Topliss-reactive ketones (excluding diaryl/α,β-unsaturated/α-hetero) is 1. The van der Waals surface area contributed by atoms with Crippen LogP contribution in [-0.4, -0.2) is 22.9 Å². The van der Waals surface area contributed by atoms with Gasteiger partial charge in [0.2, 0.25) is 5.91 Å². The Kier molecular flexibility index (Phi) is 6.98. The van der Waals surface area contributed by atoms with Gasteiger partial charge in [-0.15, -0.1) is 11.3 Å². The van der Waals surface area contributed by atoms with Gasteiger partial charge in [-0.05, 0) is 103 Å². The summed E-state index contributed by atoms with van der Waals surface area (Å²) >= 11 is 1.72. The third-order valence-corrected chi connectivity index (χ3v) is 12.4. The number of hydrogen-bond donors (Lipinski definition) is 2. The van der Waals surface area contributed by atoms with E-state index in [4.69, 9.17) is 0 Å². The van der Waals surface area contributed by atoms with Crippen molar-refractivity contribution in [1.29, 1.82) is 0 Å². The van der Waals surface area contributed by atoms with Crippen molar-refractivity contribution < 1.29 is 14.7 Å². The largest absolute Gasteiger partial charge is 0.393 e. The van der Waals surface area contributed by atoms with E-state index in [1.54, 1.807) is 11.3 Å². The molecule has 4 aliphatic carbocycles. The molecule has 1 heterocycles. The summed E-state index contributed by atoms with van der Waals surface area (Å²) in [5, 5.41) is 16.8. The van der Waals surface area contributed by atoms with Gasteiger partial charge in [0.25, 0.3) is 0 Å². The van der Waals surface area contributed by atoms with Crippen molar-refractivity contribution in [3.8, 4) is 0 Å². The fourth-order valence-corrected chi connectivity index (χ4v) is 10.4. The van der Waals surface area contributed by atoms with Crippen LogP contribution < -0.4 is 5.32 Å². The minimum Gasteiger partial charge on any atom is -0.393 e. The molecule has 1 amide bonds. The number of thiophene rings is 1. The zero-order valence-corrected chi connectivity index (χ0v) is 22.9. The second kappa shape index (κ2) is 9.59. The van der Waals surface area contributed by atoms with Crippen molar-refractivity contribution in [2.24, 2.45) is 46.3 Å². The first-order valence-electron chi connectivity index (χ1n) is 14.2. The van der Waals surface area contributed by atoms with E-state index in [2.05, 4.69) is 50.5 Å². The molecule has 0 bridgehead atoms. The molecule has 0 aliphatic heterocycles. The van der Waals surface area contributed by atoms with Gasteiger partial charge in [-0.1, -0.05) is 33.8 Å². The molecule has 1 aromatic heterocycles. The van der Waals surface area contributed by atoms with Gasteiger partial charge in [0.15, 0.2) is 0 Å². The van der Waals surface area contributed by atoms with Crippen LogP contribution in [0.4, 0.5) is 0 Å². The molecule has 4 aliphatic rings. The number of ketones is 1. The van der Waals surface area contributed by atoms with Gasteiger partial charge < -0.3 is 10.4 Å². The van der Waals surface area contributed by atoms with Crippen molar-refractivity contribution in [3.63, 3.8) is 0 Å². The van der Waals surface area contributed by atoms with Crippen LogP contribution in [0.2, 0.25) is 0 Å². The molecular weight excluding hydrogens is 454 g/mol. The summed E-state index contributed by atoms with van der Waals surface area (Å²) in [6.07, 6.45) is 9.17. The predicted molar refractivity (Wildman–Crippen MR) is 141 cm³/mol. The van der Waals surface area contributed by atoms with Gasteiger partial charge in [0.05, 0.1) is 12.1 Å². The smallest absolute Gasteiger partial charge is 0.220 e. The summed E-state index contributed by atoms with van der Waals surface area (Å²) in [5.74, 6) is 3.25. The maximum Gasteiger partial charge on any atom is 0.220 e. The Morgan fingerprint density at radius 3 is 2.69 bits per heavy atom. The number of rotatable bonds is 6. The molecular formula is C30H45NO3S. The average molecular weight is 500 g/mol. The lowest BCUT2D eigenvalue weighted by Gasteiger charge is -2.61.